The number of nitrogens with one attached hydrogen (secondary N) is 1. The number of anilines is 1. The van der Waals surface area contributed by atoms with E-state index in [9.17, 15) is 14.4 Å². The van der Waals surface area contributed by atoms with Crippen molar-refractivity contribution in [2.24, 2.45) is 0 Å². The number of esters is 1. The molecule has 154 valence electrons. The van der Waals surface area contributed by atoms with Crippen LogP contribution in [-0.2, 0) is 25.5 Å². The van der Waals surface area contributed by atoms with Gasteiger partial charge in [0.25, 0.3) is 0 Å². The highest BCUT2D eigenvalue weighted by Crippen LogP contribution is 2.16. The lowest BCUT2D eigenvalue weighted by atomic mass is 10.1. The van der Waals surface area contributed by atoms with Gasteiger partial charge in [-0.1, -0.05) is 12.1 Å². The van der Waals surface area contributed by atoms with Crippen LogP contribution >= 0.6 is 0 Å². The van der Waals surface area contributed by atoms with E-state index in [2.05, 4.69) is 10.1 Å². The average molecular weight is 398 g/mol. The first-order valence-electron chi connectivity index (χ1n) is 9.24. The molecule has 0 atom stereocenters. The van der Waals surface area contributed by atoms with Crippen LogP contribution in [0.3, 0.4) is 0 Å². The molecule has 0 fully saturated rings. The van der Waals surface area contributed by atoms with Crippen molar-refractivity contribution in [2.75, 3.05) is 26.0 Å². The van der Waals surface area contributed by atoms with E-state index < -0.39 is 0 Å². The highest BCUT2D eigenvalue weighted by atomic mass is 16.5. The topological polar surface area (TPSA) is 88.9 Å². The fraction of sp³-hybridized carbons (Fsp3) is 0.318. The molecule has 0 aliphatic carbocycles. The third kappa shape index (κ3) is 6.95. The van der Waals surface area contributed by atoms with E-state index >= 15 is 0 Å². The van der Waals surface area contributed by atoms with Gasteiger partial charge < -0.3 is 19.4 Å². The molecule has 0 saturated heterocycles. The van der Waals surface area contributed by atoms with Gasteiger partial charge >= 0.3 is 5.97 Å². The molecule has 7 nitrogen and oxygen atoms in total. The molecule has 2 aromatic rings. The van der Waals surface area contributed by atoms with Crippen molar-refractivity contribution in [3.63, 3.8) is 0 Å². The Labute approximate surface area is 170 Å². The van der Waals surface area contributed by atoms with Crippen LogP contribution in [0.4, 0.5) is 5.69 Å². The number of ether oxygens (including phenoxy) is 1. The zero-order valence-electron chi connectivity index (χ0n) is 17.2. The zero-order valence-corrected chi connectivity index (χ0v) is 17.2. The van der Waals surface area contributed by atoms with Gasteiger partial charge in [0.15, 0.2) is 0 Å². The lowest BCUT2D eigenvalue weighted by Crippen LogP contribution is -2.34. The van der Waals surface area contributed by atoms with Crippen LogP contribution in [0.5, 0.6) is 0 Å². The van der Waals surface area contributed by atoms with Crippen molar-refractivity contribution in [3.8, 4) is 0 Å². The number of nitrogens with zero attached hydrogens (tertiary/aromatic N) is 1. The van der Waals surface area contributed by atoms with E-state index in [1.165, 1.54) is 24.2 Å². The van der Waals surface area contributed by atoms with Crippen LogP contribution in [0.2, 0.25) is 0 Å². The molecule has 1 aromatic heterocycles. The van der Waals surface area contributed by atoms with Crippen molar-refractivity contribution in [1.29, 1.82) is 0 Å². The number of rotatable bonds is 8. The Morgan fingerprint density at radius 3 is 2.66 bits per heavy atom. The molecule has 0 unspecified atom stereocenters. The molecule has 2 amide bonds. The summed E-state index contributed by atoms with van der Waals surface area (Å²) < 4.78 is 10.1. The molecule has 0 saturated carbocycles. The van der Waals surface area contributed by atoms with Crippen molar-refractivity contribution in [2.45, 2.75) is 26.7 Å². The smallest absolute Gasteiger partial charge is 0.305 e. The number of likely N-dealkylation sites (N-methyl/N-ethyl adjacent to an activating group) is 1. The number of hydrogen-bond donors (Lipinski definition) is 1. The first-order chi connectivity index (χ1) is 13.8. The monoisotopic (exact) mass is 398 g/mol. The molecule has 1 heterocycles. The minimum absolute atomic E-state index is 0.0703. The molecule has 0 bridgehead atoms. The number of aryl methyl sites for hydroxylation is 3. The average Bonchev–Trinajstić information content (AvgIpc) is 3.14. The summed E-state index contributed by atoms with van der Waals surface area (Å²) in [6.45, 7) is 3.79. The highest BCUT2D eigenvalue weighted by Gasteiger charge is 2.12. The molecule has 0 aliphatic rings. The number of methoxy groups -OCH3 is 1. The first kappa shape index (κ1) is 21.9. The van der Waals surface area contributed by atoms with E-state index in [1.807, 2.05) is 32.0 Å². The van der Waals surface area contributed by atoms with E-state index in [1.54, 1.807) is 19.2 Å². The van der Waals surface area contributed by atoms with Crippen LogP contribution in [-0.4, -0.2) is 43.4 Å². The van der Waals surface area contributed by atoms with Gasteiger partial charge in [-0.3, -0.25) is 14.4 Å². The molecular formula is C22H26N2O5. The first-order valence-corrected chi connectivity index (χ1v) is 9.24. The van der Waals surface area contributed by atoms with Gasteiger partial charge in [-0.15, -0.1) is 0 Å². The Morgan fingerprint density at radius 2 is 1.93 bits per heavy atom. The summed E-state index contributed by atoms with van der Waals surface area (Å²) in [4.78, 5) is 37.0. The number of amides is 2. The van der Waals surface area contributed by atoms with Crippen molar-refractivity contribution < 1.29 is 23.5 Å². The minimum atomic E-state index is -0.325. The Hall–Kier alpha value is -3.35. The second kappa shape index (κ2) is 10.3. The van der Waals surface area contributed by atoms with Gasteiger partial charge in [0.2, 0.25) is 11.8 Å². The Morgan fingerprint density at radius 1 is 1.17 bits per heavy atom. The van der Waals surface area contributed by atoms with Crippen molar-refractivity contribution in [1.82, 2.24) is 4.90 Å². The van der Waals surface area contributed by atoms with E-state index in [0.29, 0.717) is 17.9 Å². The summed E-state index contributed by atoms with van der Waals surface area (Å²) in [6, 6.07) is 9.26. The molecule has 29 heavy (non-hydrogen) atoms. The van der Waals surface area contributed by atoms with Gasteiger partial charge in [-0.2, -0.15) is 0 Å². The summed E-state index contributed by atoms with van der Waals surface area (Å²) >= 11 is 0. The minimum Gasteiger partial charge on any atom is -0.469 e. The SMILES string of the molecule is COC(=O)CCc1ccc(/C=C/C(=O)N(C)CC(=O)Nc2cc(C)ccc2C)o1. The van der Waals surface area contributed by atoms with E-state index in [-0.39, 0.29) is 30.7 Å². The van der Waals surface area contributed by atoms with Gasteiger partial charge in [0, 0.05) is 25.2 Å². The van der Waals surface area contributed by atoms with Gasteiger partial charge in [0.1, 0.15) is 11.5 Å². The quantitative estimate of drug-likeness (QED) is 0.545. The van der Waals surface area contributed by atoms with Crippen LogP contribution < -0.4 is 5.32 Å². The molecular weight excluding hydrogens is 372 g/mol. The van der Waals surface area contributed by atoms with Crippen LogP contribution in [0.15, 0.2) is 40.8 Å². The number of carbonyl (C=O) groups is 3. The zero-order chi connectivity index (χ0) is 21.4. The maximum Gasteiger partial charge on any atom is 0.305 e. The number of hydrogen-bond acceptors (Lipinski definition) is 5. The summed E-state index contributed by atoms with van der Waals surface area (Å²) in [6.07, 6.45) is 3.52. The fourth-order valence-corrected chi connectivity index (χ4v) is 2.58. The number of carbonyl (C=O) groups excluding carboxylic acids is 3. The van der Waals surface area contributed by atoms with Crippen LogP contribution in [0.25, 0.3) is 6.08 Å². The molecule has 7 heteroatoms. The number of furan rings is 1. The summed E-state index contributed by atoms with van der Waals surface area (Å²) in [5.74, 6) is 0.212. The Bertz CT molecular complexity index is 914. The van der Waals surface area contributed by atoms with Gasteiger partial charge in [0.05, 0.1) is 20.1 Å². The molecule has 1 aromatic carbocycles. The van der Waals surface area contributed by atoms with Crippen LogP contribution in [0.1, 0.15) is 29.1 Å². The lowest BCUT2D eigenvalue weighted by Gasteiger charge is -2.15. The third-order valence-corrected chi connectivity index (χ3v) is 4.30. The van der Waals surface area contributed by atoms with E-state index in [0.717, 1.165) is 16.8 Å². The predicted molar refractivity (Wildman–Crippen MR) is 110 cm³/mol. The Kier molecular flexibility index (Phi) is 7.77. The van der Waals surface area contributed by atoms with Gasteiger partial charge in [-0.25, -0.2) is 0 Å². The predicted octanol–water partition coefficient (Wildman–Crippen LogP) is 3.11. The van der Waals surface area contributed by atoms with Gasteiger partial charge in [-0.05, 0) is 49.2 Å². The lowest BCUT2D eigenvalue weighted by molar-refractivity contribution is -0.140. The third-order valence-electron chi connectivity index (χ3n) is 4.30. The standard InChI is InChI=1S/C22H26N2O5/c1-15-5-6-16(2)19(13-15)23-20(25)14-24(3)21(26)11-9-17-7-8-18(29-17)10-12-22(27)28-4/h5-9,11,13H,10,12,14H2,1-4H3,(H,23,25)/b11-9+. The van der Waals surface area contributed by atoms with Crippen molar-refractivity contribution >= 4 is 29.5 Å². The Balaban J connectivity index is 1.86. The molecule has 2 rings (SSSR count). The largest absolute Gasteiger partial charge is 0.469 e. The summed E-state index contributed by atoms with van der Waals surface area (Å²) in [7, 11) is 2.89. The molecule has 0 spiro atoms. The molecule has 0 aliphatic heterocycles. The second-order valence-corrected chi connectivity index (χ2v) is 6.77. The highest BCUT2D eigenvalue weighted by molar-refractivity contribution is 5.98. The van der Waals surface area contributed by atoms with E-state index in [4.69, 9.17) is 4.42 Å². The molecule has 1 N–H and O–H groups in total. The maximum atomic E-state index is 12.2. The summed E-state index contributed by atoms with van der Waals surface area (Å²) in [5.41, 5.74) is 2.74. The fourth-order valence-electron chi connectivity index (χ4n) is 2.58. The summed E-state index contributed by atoms with van der Waals surface area (Å²) in [5, 5.41) is 2.83. The normalized spacial score (nSPS) is 10.8. The maximum absolute atomic E-state index is 12.2. The van der Waals surface area contributed by atoms with Crippen LogP contribution in [0, 0.1) is 13.8 Å². The van der Waals surface area contributed by atoms with Crippen molar-refractivity contribution in [3.05, 3.63) is 59.1 Å². The molecule has 0 radical (unpaired) electrons. The number of benzene rings is 1. The second-order valence-electron chi connectivity index (χ2n) is 6.77.